The number of amides is 1. The molecule has 0 radical (unpaired) electrons. The summed E-state index contributed by atoms with van der Waals surface area (Å²) in [5.74, 6) is 0.451. The van der Waals surface area contributed by atoms with Gasteiger partial charge in [0, 0.05) is 5.56 Å². The van der Waals surface area contributed by atoms with E-state index < -0.39 is 11.5 Å². The number of hydrogen-bond donors (Lipinski definition) is 3. The Hall–Kier alpha value is -2.24. The molecule has 1 atom stereocenters. The van der Waals surface area contributed by atoms with E-state index in [9.17, 15) is 9.90 Å². The molecule has 1 heterocycles. The number of carbonyl (C=O) groups is 1. The SMILES string of the molecule is Cc1c(C)c2c(c(C)c1O)CCC(C)(CC(=O)N=C(N)N)O2. The van der Waals surface area contributed by atoms with Crippen molar-refractivity contribution in [2.45, 2.75) is 52.6 Å². The Morgan fingerprint density at radius 3 is 2.50 bits per heavy atom. The van der Waals surface area contributed by atoms with Crippen LogP contribution in [0.1, 0.15) is 42.0 Å². The van der Waals surface area contributed by atoms with Crippen LogP contribution in [0.4, 0.5) is 0 Å². The molecule has 0 aromatic heterocycles. The van der Waals surface area contributed by atoms with E-state index in [0.717, 1.165) is 34.4 Å². The molecule has 2 rings (SSSR count). The Bertz CT molecular complexity index is 663. The van der Waals surface area contributed by atoms with Crippen molar-refractivity contribution in [3.8, 4) is 11.5 Å². The van der Waals surface area contributed by atoms with Crippen molar-refractivity contribution < 1.29 is 14.6 Å². The van der Waals surface area contributed by atoms with Crippen LogP contribution in [-0.4, -0.2) is 22.6 Å². The molecule has 1 aliphatic rings. The highest BCUT2D eigenvalue weighted by Crippen LogP contribution is 2.44. The average Bonchev–Trinajstić information content (AvgIpc) is 2.41. The molecular formula is C16H23N3O3. The van der Waals surface area contributed by atoms with Gasteiger partial charge in [0.25, 0.3) is 5.91 Å². The van der Waals surface area contributed by atoms with Gasteiger partial charge in [-0.15, -0.1) is 0 Å². The van der Waals surface area contributed by atoms with Crippen molar-refractivity contribution >= 4 is 11.9 Å². The van der Waals surface area contributed by atoms with Crippen molar-refractivity contribution in [1.29, 1.82) is 0 Å². The van der Waals surface area contributed by atoms with E-state index in [0.29, 0.717) is 12.2 Å². The smallest absolute Gasteiger partial charge is 0.252 e. The number of carbonyl (C=O) groups excluding carboxylic acids is 1. The number of hydrogen-bond acceptors (Lipinski definition) is 3. The van der Waals surface area contributed by atoms with E-state index in [-0.39, 0.29) is 12.4 Å². The Balaban J connectivity index is 2.35. The first-order valence-electron chi connectivity index (χ1n) is 7.27. The number of nitrogens with zero attached hydrogens (tertiary/aromatic N) is 1. The number of rotatable bonds is 2. The van der Waals surface area contributed by atoms with Crippen LogP contribution in [0.15, 0.2) is 4.99 Å². The Kier molecular flexibility index (Phi) is 4.04. The number of aromatic hydroxyl groups is 1. The van der Waals surface area contributed by atoms with E-state index in [1.54, 1.807) is 0 Å². The number of guanidine groups is 1. The van der Waals surface area contributed by atoms with Crippen molar-refractivity contribution in [3.05, 3.63) is 22.3 Å². The summed E-state index contributed by atoms with van der Waals surface area (Å²) in [6.45, 7) is 7.54. The molecule has 1 amide bonds. The predicted octanol–water partition coefficient (Wildman–Crippen LogP) is 1.59. The molecule has 1 unspecified atom stereocenters. The van der Waals surface area contributed by atoms with Crippen LogP contribution in [0, 0.1) is 20.8 Å². The maximum Gasteiger partial charge on any atom is 0.252 e. The summed E-state index contributed by atoms with van der Waals surface area (Å²) < 4.78 is 6.14. The van der Waals surface area contributed by atoms with E-state index in [4.69, 9.17) is 16.2 Å². The third kappa shape index (κ3) is 2.86. The second-order valence-corrected chi connectivity index (χ2v) is 6.19. The molecule has 0 bridgehead atoms. The van der Waals surface area contributed by atoms with E-state index in [1.807, 2.05) is 27.7 Å². The maximum atomic E-state index is 11.8. The fourth-order valence-electron chi connectivity index (χ4n) is 2.92. The highest BCUT2D eigenvalue weighted by atomic mass is 16.5. The van der Waals surface area contributed by atoms with E-state index in [1.165, 1.54) is 0 Å². The third-order valence-corrected chi connectivity index (χ3v) is 4.37. The lowest BCUT2D eigenvalue weighted by Gasteiger charge is -2.37. The number of fused-ring (bicyclic) bond motifs is 1. The topological polar surface area (TPSA) is 111 Å². The summed E-state index contributed by atoms with van der Waals surface area (Å²) >= 11 is 0. The monoisotopic (exact) mass is 305 g/mol. The normalized spacial score (nSPS) is 20.0. The van der Waals surface area contributed by atoms with Gasteiger partial charge in [-0.1, -0.05) is 0 Å². The lowest BCUT2D eigenvalue weighted by atomic mass is 9.85. The molecule has 6 nitrogen and oxygen atoms in total. The number of aliphatic imine (C=N–C) groups is 1. The van der Waals surface area contributed by atoms with Crippen molar-refractivity contribution in [3.63, 3.8) is 0 Å². The summed E-state index contributed by atoms with van der Waals surface area (Å²) in [6.07, 6.45) is 1.51. The molecule has 1 aromatic carbocycles. The van der Waals surface area contributed by atoms with Gasteiger partial charge in [-0.05, 0) is 57.2 Å². The molecule has 0 spiro atoms. The Morgan fingerprint density at radius 1 is 1.27 bits per heavy atom. The quantitative estimate of drug-likeness (QED) is 0.567. The first-order valence-corrected chi connectivity index (χ1v) is 7.27. The molecule has 1 aromatic rings. The van der Waals surface area contributed by atoms with Crippen molar-refractivity contribution in [1.82, 2.24) is 0 Å². The maximum absolute atomic E-state index is 11.8. The van der Waals surface area contributed by atoms with Crippen molar-refractivity contribution in [2.24, 2.45) is 16.5 Å². The fraction of sp³-hybridized carbons (Fsp3) is 0.500. The minimum absolute atomic E-state index is 0.114. The van der Waals surface area contributed by atoms with Crippen molar-refractivity contribution in [2.75, 3.05) is 0 Å². The number of nitrogens with two attached hydrogens (primary N) is 2. The zero-order valence-corrected chi connectivity index (χ0v) is 13.5. The van der Waals surface area contributed by atoms with Crippen LogP contribution in [0.5, 0.6) is 11.5 Å². The van der Waals surface area contributed by atoms with Gasteiger partial charge in [-0.2, -0.15) is 4.99 Å². The highest BCUT2D eigenvalue weighted by Gasteiger charge is 2.36. The van der Waals surface area contributed by atoms with Crippen LogP contribution in [0.25, 0.3) is 0 Å². The number of ether oxygens (including phenoxy) is 1. The third-order valence-electron chi connectivity index (χ3n) is 4.37. The molecule has 1 aliphatic heterocycles. The van der Waals surface area contributed by atoms with Gasteiger partial charge in [-0.25, -0.2) is 0 Å². The van der Waals surface area contributed by atoms with Crippen LogP contribution < -0.4 is 16.2 Å². The lowest BCUT2D eigenvalue weighted by Crippen LogP contribution is -2.39. The van der Waals surface area contributed by atoms with E-state index in [2.05, 4.69) is 4.99 Å². The Labute approximate surface area is 130 Å². The molecule has 120 valence electrons. The average molecular weight is 305 g/mol. The molecule has 0 saturated heterocycles. The van der Waals surface area contributed by atoms with Gasteiger partial charge < -0.3 is 21.3 Å². The molecular weight excluding hydrogens is 282 g/mol. The predicted molar refractivity (Wildman–Crippen MR) is 85.1 cm³/mol. The second-order valence-electron chi connectivity index (χ2n) is 6.19. The fourth-order valence-corrected chi connectivity index (χ4v) is 2.92. The van der Waals surface area contributed by atoms with Crippen LogP contribution in [0.3, 0.4) is 0 Å². The largest absolute Gasteiger partial charge is 0.507 e. The number of phenols is 1. The first-order chi connectivity index (χ1) is 10.1. The van der Waals surface area contributed by atoms with Gasteiger partial charge in [0.15, 0.2) is 5.96 Å². The second kappa shape index (κ2) is 5.51. The Morgan fingerprint density at radius 2 is 1.91 bits per heavy atom. The van der Waals surface area contributed by atoms with Gasteiger partial charge in [0.2, 0.25) is 0 Å². The summed E-state index contributed by atoms with van der Waals surface area (Å²) in [5, 5.41) is 10.2. The van der Waals surface area contributed by atoms with Gasteiger partial charge in [-0.3, -0.25) is 4.79 Å². The van der Waals surface area contributed by atoms with Crippen LogP contribution in [0.2, 0.25) is 0 Å². The molecule has 5 N–H and O–H groups in total. The summed E-state index contributed by atoms with van der Waals surface area (Å²) in [4.78, 5) is 15.4. The molecule has 0 fully saturated rings. The number of benzene rings is 1. The standard InChI is InChI=1S/C16H23N3O3/c1-8-9(2)14-11(10(3)13(8)21)5-6-16(4,22-14)7-12(20)19-15(17)18/h21H,5-7H2,1-4H3,(H4,17,18,19,20). The minimum Gasteiger partial charge on any atom is -0.507 e. The lowest BCUT2D eigenvalue weighted by molar-refractivity contribution is -0.121. The first kappa shape index (κ1) is 16.1. The molecule has 6 heteroatoms. The number of phenolic OH excluding ortho intramolecular Hbond substituents is 1. The van der Waals surface area contributed by atoms with Gasteiger partial charge in [0.05, 0.1) is 6.42 Å². The van der Waals surface area contributed by atoms with Crippen LogP contribution in [-0.2, 0) is 11.2 Å². The molecule has 0 saturated carbocycles. The minimum atomic E-state index is -0.649. The summed E-state index contributed by atoms with van der Waals surface area (Å²) in [6, 6.07) is 0. The summed E-state index contributed by atoms with van der Waals surface area (Å²) in [5.41, 5.74) is 13.4. The highest BCUT2D eigenvalue weighted by molar-refractivity contribution is 5.91. The van der Waals surface area contributed by atoms with Gasteiger partial charge in [0.1, 0.15) is 17.1 Å². The zero-order chi connectivity index (χ0) is 16.7. The zero-order valence-electron chi connectivity index (χ0n) is 13.5. The molecule has 22 heavy (non-hydrogen) atoms. The van der Waals surface area contributed by atoms with Crippen LogP contribution >= 0.6 is 0 Å². The molecule has 0 aliphatic carbocycles. The van der Waals surface area contributed by atoms with E-state index >= 15 is 0 Å². The summed E-state index contributed by atoms with van der Waals surface area (Å²) in [7, 11) is 0. The van der Waals surface area contributed by atoms with Gasteiger partial charge >= 0.3 is 0 Å².